The number of nitrogens with one attached hydrogen (secondary N) is 2. The molecule has 0 unspecified atom stereocenters. The Morgan fingerprint density at radius 2 is 1.83 bits per heavy atom. The van der Waals surface area contributed by atoms with Gasteiger partial charge in [-0.3, -0.25) is 9.69 Å². The molecule has 0 spiro atoms. The van der Waals surface area contributed by atoms with Crippen molar-refractivity contribution in [3.05, 3.63) is 48.0 Å². The molecule has 5 nitrogen and oxygen atoms in total. The monoisotopic (exact) mass is 443 g/mol. The van der Waals surface area contributed by atoms with E-state index < -0.39 is 0 Å². The molecule has 0 saturated carbocycles. The highest BCUT2D eigenvalue weighted by atomic mass is 35.5. The van der Waals surface area contributed by atoms with Crippen molar-refractivity contribution < 1.29 is 13.6 Å². The third-order valence-corrected chi connectivity index (χ3v) is 5.60. The van der Waals surface area contributed by atoms with E-state index in [4.69, 9.17) is 4.42 Å². The Morgan fingerprint density at radius 3 is 2.55 bits per heavy atom. The number of benzene rings is 1. The summed E-state index contributed by atoms with van der Waals surface area (Å²) in [5, 5.41) is 6.42. The van der Waals surface area contributed by atoms with Crippen molar-refractivity contribution in [3.8, 4) is 11.3 Å². The normalized spacial score (nSPS) is 20.0. The van der Waals surface area contributed by atoms with Crippen molar-refractivity contribution in [1.29, 1.82) is 0 Å². The molecule has 2 N–H and O–H groups in total. The maximum atomic E-state index is 13.0. The van der Waals surface area contributed by atoms with Gasteiger partial charge in [0.15, 0.2) is 0 Å². The van der Waals surface area contributed by atoms with Crippen molar-refractivity contribution >= 4 is 30.7 Å². The zero-order valence-electron chi connectivity index (χ0n) is 16.2. The highest BCUT2D eigenvalue weighted by molar-refractivity contribution is 5.85. The van der Waals surface area contributed by atoms with E-state index in [1.165, 1.54) is 12.1 Å². The first-order valence-electron chi connectivity index (χ1n) is 9.79. The molecule has 2 aromatic rings. The van der Waals surface area contributed by atoms with Gasteiger partial charge in [0.05, 0.1) is 12.6 Å². The fourth-order valence-electron chi connectivity index (χ4n) is 4.18. The van der Waals surface area contributed by atoms with Crippen LogP contribution in [0, 0.1) is 5.82 Å². The molecule has 2 aliphatic rings. The average molecular weight is 444 g/mol. The lowest BCUT2D eigenvalue weighted by molar-refractivity contribution is -0.126. The van der Waals surface area contributed by atoms with E-state index in [1.54, 1.807) is 12.1 Å². The second-order valence-corrected chi connectivity index (χ2v) is 7.37. The number of furan rings is 1. The van der Waals surface area contributed by atoms with E-state index in [-0.39, 0.29) is 42.6 Å². The van der Waals surface area contributed by atoms with Gasteiger partial charge in [-0.15, -0.1) is 24.8 Å². The maximum Gasteiger partial charge on any atom is 0.237 e. The SMILES string of the molecule is Cl.Cl.O=C(NCc1ccc(-c2ccc(F)cc2)o1)[C@@H]1CCCN1C1CCNCC1. The van der Waals surface area contributed by atoms with Crippen LogP contribution in [-0.2, 0) is 11.3 Å². The predicted molar refractivity (Wildman–Crippen MR) is 116 cm³/mol. The van der Waals surface area contributed by atoms with Gasteiger partial charge in [-0.25, -0.2) is 4.39 Å². The van der Waals surface area contributed by atoms with Gasteiger partial charge in [0.2, 0.25) is 5.91 Å². The van der Waals surface area contributed by atoms with Crippen molar-refractivity contribution in [2.75, 3.05) is 19.6 Å². The molecule has 0 radical (unpaired) electrons. The molecule has 0 aliphatic carbocycles. The molecular formula is C21H28Cl2FN3O2. The Hall–Kier alpha value is -1.60. The minimum Gasteiger partial charge on any atom is -0.459 e. The van der Waals surface area contributed by atoms with Crippen LogP contribution in [0.1, 0.15) is 31.4 Å². The molecule has 160 valence electrons. The number of hydrogen-bond acceptors (Lipinski definition) is 4. The lowest BCUT2D eigenvalue weighted by atomic mass is 10.0. The molecule has 3 heterocycles. The number of halogens is 3. The highest BCUT2D eigenvalue weighted by Gasteiger charge is 2.35. The summed E-state index contributed by atoms with van der Waals surface area (Å²) < 4.78 is 18.9. The van der Waals surface area contributed by atoms with Crippen molar-refractivity contribution in [2.45, 2.75) is 44.3 Å². The summed E-state index contributed by atoms with van der Waals surface area (Å²) in [6.07, 6.45) is 4.23. The molecule has 2 fully saturated rings. The fourth-order valence-corrected chi connectivity index (χ4v) is 4.18. The van der Waals surface area contributed by atoms with Crippen LogP contribution in [0.2, 0.25) is 0 Å². The average Bonchev–Trinajstić information content (AvgIpc) is 3.37. The molecule has 8 heteroatoms. The van der Waals surface area contributed by atoms with E-state index in [2.05, 4.69) is 15.5 Å². The van der Waals surface area contributed by atoms with Gasteiger partial charge in [-0.2, -0.15) is 0 Å². The van der Waals surface area contributed by atoms with Crippen LogP contribution in [0.15, 0.2) is 40.8 Å². The minimum absolute atomic E-state index is 0. The van der Waals surface area contributed by atoms with Crippen LogP contribution in [-0.4, -0.2) is 42.5 Å². The summed E-state index contributed by atoms with van der Waals surface area (Å²) in [5.74, 6) is 1.20. The van der Waals surface area contributed by atoms with Crippen LogP contribution in [0.3, 0.4) is 0 Å². The number of rotatable bonds is 5. The summed E-state index contributed by atoms with van der Waals surface area (Å²) >= 11 is 0. The Kier molecular flexibility index (Phi) is 8.96. The zero-order valence-corrected chi connectivity index (χ0v) is 17.9. The molecule has 1 amide bonds. The van der Waals surface area contributed by atoms with Crippen LogP contribution < -0.4 is 10.6 Å². The van der Waals surface area contributed by atoms with Crippen molar-refractivity contribution in [1.82, 2.24) is 15.5 Å². The van der Waals surface area contributed by atoms with Gasteiger partial charge in [0.1, 0.15) is 17.3 Å². The minimum atomic E-state index is -0.271. The van der Waals surface area contributed by atoms with Gasteiger partial charge in [-0.1, -0.05) is 0 Å². The van der Waals surface area contributed by atoms with Crippen LogP contribution in [0.25, 0.3) is 11.3 Å². The molecule has 29 heavy (non-hydrogen) atoms. The van der Waals surface area contributed by atoms with E-state index >= 15 is 0 Å². The number of likely N-dealkylation sites (tertiary alicyclic amines) is 1. The Balaban J connectivity index is 0.00000150. The second kappa shape index (κ2) is 11.0. The second-order valence-electron chi connectivity index (χ2n) is 7.37. The topological polar surface area (TPSA) is 57.5 Å². The molecular weight excluding hydrogens is 416 g/mol. The third-order valence-electron chi connectivity index (χ3n) is 5.60. The Bertz CT molecular complexity index is 778. The quantitative estimate of drug-likeness (QED) is 0.738. The molecule has 1 aromatic carbocycles. The Labute approximate surface area is 183 Å². The summed E-state index contributed by atoms with van der Waals surface area (Å²) in [7, 11) is 0. The number of carbonyl (C=O) groups is 1. The summed E-state index contributed by atoms with van der Waals surface area (Å²) in [6, 6.07) is 10.4. The van der Waals surface area contributed by atoms with E-state index in [0.717, 1.165) is 50.9 Å². The lowest BCUT2D eigenvalue weighted by Gasteiger charge is -2.35. The van der Waals surface area contributed by atoms with Crippen molar-refractivity contribution in [2.24, 2.45) is 0 Å². The summed E-state index contributed by atoms with van der Waals surface area (Å²) in [4.78, 5) is 15.1. The smallest absolute Gasteiger partial charge is 0.237 e. The standard InChI is InChI=1S/C21H26FN3O2.2ClH/c22-16-5-3-15(4-6-16)20-8-7-18(27-20)14-24-21(26)19-2-1-13-25(19)17-9-11-23-12-10-17;;/h3-8,17,19,23H,1-2,9-14H2,(H,24,26);2*1H/t19-;;/m0../s1. The van der Waals surface area contributed by atoms with Crippen LogP contribution >= 0.6 is 24.8 Å². The number of amides is 1. The maximum absolute atomic E-state index is 13.0. The molecule has 2 aliphatic heterocycles. The van der Waals surface area contributed by atoms with E-state index in [0.29, 0.717) is 24.1 Å². The van der Waals surface area contributed by atoms with Crippen LogP contribution in [0.4, 0.5) is 4.39 Å². The Morgan fingerprint density at radius 1 is 1.10 bits per heavy atom. The highest BCUT2D eigenvalue weighted by Crippen LogP contribution is 2.25. The molecule has 1 atom stereocenters. The number of hydrogen-bond donors (Lipinski definition) is 2. The number of nitrogens with zero attached hydrogens (tertiary/aromatic N) is 1. The van der Waals surface area contributed by atoms with Crippen LogP contribution in [0.5, 0.6) is 0 Å². The number of piperidine rings is 1. The molecule has 4 rings (SSSR count). The zero-order chi connectivity index (χ0) is 18.6. The van der Waals surface area contributed by atoms with Crippen molar-refractivity contribution in [3.63, 3.8) is 0 Å². The predicted octanol–water partition coefficient (Wildman–Crippen LogP) is 3.76. The first-order chi connectivity index (χ1) is 13.2. The van der Waals surface area contributed by atoms with Gasteiger partial charge >= 0.3 is 0 Å². The number of carbonyl (C=O) groups excluding carboxylic acids is 1. The molecule has 0 bridgehead atoms. The largest absolute Gasteiger partial charge is 0.459 e. The fraction of sp³-hybridized carbons (Fsp3) is 0.476. The summed E-state index contributed by atoms with van der Waals surface area (Å²) in [5.41, 5.74) is 0.821. The van der Waals surface area contributed by atoms with Gasteiger partial charge < -0.3 is 15.1 Å². The first kappa shape index (κ1) is 23.7. The van der Waals surface area contributed by atoms with Gasteiger partial charge in [0.25, 0.3) is 0 Å². The van der Waals surface area contributed by atoms with E-state index in [9.17, 15) is 9.18 Å². The summed E-state index contributed by atoms with van der Waals surface area (Å²) in [6.45, 7) is 3.46. The molecule has 1 aromatic heterocycles. The van der Waals surface area contributed by atoms with Gasteiger partial charge in [-0.05, 0) is 81.7 Å². The van der Waals surface area contributed by atoms with E-state index in [1.807, 2.05) is 12.1 Å². The van der Waals surface area contributed by atoms with Gasteiger partial charge in [0, 0.05) is 11.6 Å². The lowest BCUT2D eigenvalue weighted by Crippen LogP contribution is -2.50. The molecule has 2 saturated heterocycles. The first-order valence-corrected chi connectivity index (χ1v) is 9.79. The third kappa shape index (κ3) is 5.72.